The number of benzene rings is 1. The molecule has 3 heteroatoms. The van der Waals surface area contributed by atoms with Crippen LogP contribution in [-0.2, 0) is 11.2 Å². The van der Waals surface area contributed by atoms with Gasteiger partial charge in [0, 0.05) is 30.1 Å². The second-order valence-corrected chi connectivity index (χ2v) is 9.50. The highest BCUT2D eigenvalue weighted by molar-refractivity contribution is 5.83. The molecule has 0 bridgehead atoms. The van der Waals surface area contributed by atoms with Crippen LogP contribution in [0.15, 0.2) is 42.6 Å². The van der Waals surface area contributed by atoms with Gasteiger partial charge in [0.05, 0.1) is 0 Å². The van der Waals surface area contributed by atoms with Crippen molar-refractivity contribution in [2.24, 2.45) is 0 Å². The molecule has 1 heterocycles. The van der Waals surface area contributed by atoms with E-state index in [2.05, 4.69) is 53.8 Å². The summed E-state index contributed by atoms with van der Waals surface area (Å²) >= 11 is 0. The van der Waals surface area contributed by atoms with Crippen LogP contribution in [0.2, 0.25) is 0 Å². The normalized spacial score (nSPS) is 11.5. The Balaban J connectivity index is 1.33. The molecule has 0 saturated heterocycles. The monoisotopic (exact) mass is 452 g/mol. The van der Waals surface area contributed by atoms with E-state index in [4.69, 9.17) is 0 Å². The van der Waals surface area contributed by atoms with Crippen molar-refractivity contribution in [3.63, 3.8) is 0 Å². The number of rotatable bonds is 20. The average molecular weight is 453 g/mol. The van der Waals surface area contributed by atoms with Crippen molar-refractivity contribution in [2.75, 3.05) is 6.54 Å². The van der Waals surface area contributed by atoms with Crippen molar-refractivity contribution in [2.45, 2.75) is 116 Å². The van der Waals surface area contributed by atoms with Crippen LogP contribution in [0, 0.1) is 0 Å². The van der Waals surface area contributed by atoms with E-state index in [0.29, 0.717) is 13.0 Å². The maximum absolute atomic E-state index is 12.1. The van der Waals surface area contributed by atoms with Crippen molar-refractivity contribution < 1.29 is 4.79 Å². The molecule has 3 nitrogen and oxygen atoms in total. The Labute approximate surface area is 202 Å². The lowest BCUT2D eigenvalue weighted by molar-refractivity contribution is -0.121. The number of aromatic nitrogens is 1. The molecule has 1 amide bonds. The topological polar surface area (TPSA) is 44.9 Å². The van der Waals surface area contributed by atoms with Gasteiger partial charge in [0.2, 0.25) is 5.91 Å². The van der Waals surface area contributed by atoms with E-state index in [1.807, 2.05) is 6.07 Å². The fourth-order valence-electron chi connectivity index (χ4n) is 4.47. The molecule has 0 spiro atoms. The molecule has 2 rings (SSSR count). The summed E-state index contributed by atoms with van der Waals surface area (Å²) in [6, 6.07) is 8.33. The minimum Gasteiger partial charge on any atom is -0.361 e. The molecule has 0 aliphatic carbocycles. The Kier molecular flexibility index (Phi) is 15.2. The Morgan fingerprint density at radius 2 is 1.42 bits per heavy atom. The molecule has 1 aromatic carbocycles. The van der Waals surface area contributed by atoms with Crippen molar-refractivity contribution in [3.8, 4) is 0 Å². The number of fused-ring (bicyclic) bond motifs is 1. The first-order valence-corrected chi connectivity index (χ1v) is 13.8. The molecule has 33 heavy (non-hydrogen) atoms. The van der Waals surface area contributed by atoms with E-state index in [-0.39, 0.29) is 5.91 Å². The molecule has 2 aromatic rings. The lowest BCUT2D eigenvalue weighted by Crippen LogP contribution is -2.25. The molecule has 0 aliphatic heterocycles. The summed E-state index contributed by atoms with van der Waals surface area (Å²) in [5, 5.41) is 4.34. The van der Waals surface area contributed by atoms with Crippen LogP contribution >= 0.6 is 0 Å². The number of nitrogens with one attached hydrogen (secondary N) is 2. The van der Waals surface area contributed by atoms with Gasteiger partial charge >= 0.3 is 0 Å². The van der Waals surface area contributed by atoms with Gasteiger partial charge in [-0.25, -0.2) is 0 Å². The van der Waals surface area contributed by atoms with E-state index in [0.717, 1.165) is 12.8 Å². The number of hydrogen-bond donors (Lipinski definition) is 2. The number of hydrogen-bond acceptors (Lipinski definition) is 1. The zero-order valence-corrected chi connectivity index (χ0v) is 21.2. The Hall–Kier alpha value is -2.03. The van der Waals surface area contributed by atoms with E-state index in [1.165, 1.54) is 106 Å². The van der Waals surface area contributed by atoms with Crippen molar-refractivity contribution in [3.05, 3.63) is 48.2 Å². The Bertz CT molecular complexity index is 776. The lowest BCUT2D eigenvalue weighted by atomic mass is 10.1. The second-order valence-electron chi connectivity index (χ2n) is 9.50. The molecule has 0 atom stereocenters. The number of carbonyl (C=O) groups excluding carboxylic acids is 1. The van der Waals surface area contributed by atoms with Gasteiger partial charge < -0.3 is 10.3 Å². The summed E-state index contributed by atoms with van der Waals surface area (Å²) in [5.41, 5.74) is 2.44. The summed E-state index contributed by atoms with van der Waals surface area (Å²) in [6.07, 6.45) is 28.0. The average Bonchev–Trinajstić information content (AvgIpc) is 3.24. The number of H-pyrrole nitrogens is 1. The molecule has 0 aliphatic rings. The van der Waals surface area contributed by atoms with Crippen LogP contribution in [0.3, 0.4) is 0 Å². The Morgan fingerprint density at radius 3 is 2.12 bits per heavy atom. The molecule has 184 valence electrons. The number of unbranched alkanes of at least 4 members (excludes halogenated alkanes) is 13. The van der Waals surface area contributed by atoms with Crippen molar-refractivity contribution >= 4 is 16.8 Å². The highest BCUT2D eigenvalue weighted by Gasteiger charge is 2.04. The van der Waals surface area contributed by atoms with Crippen LogP contribution in [0.1, 0.15) is 115 Å². The summed E-state index contributed by atoms with van der Waals surface area (Å²) in [7, 11) is 0. The Morgan fingerprint density at radius 1 is 0.818 bits per heavy atom. The largest absolute Gasteiger partial charge is 0.361 e. The quantitative estimate of drug-likeness (QED) is 0.153. The first-order valence-electron chi connectivity index (χ1n) is 13.8. The summed E-state index contributed by atoms with van der Waals surface area (Å²) < 4.78 is 0. The first kappa shape index (κ1) is 27.2. The standard InChI is InChI=1S/C30H48N2O/c1-2-3-4-5-6-7-8-9-10-11-12-13-14-15-16-17-18-23-30(33)31-25-24-27-26-32-29-22-20-19-21-28(27)29/h9-10,19-22,26,32H,2-8,11-18,23-25H2,1H3,(H,31,33)/b10-9-. The lowest BCUT2D eigenvalue weighted by Gasteiger charge is -2.05. The van der Waals surface area contributed by atoms with E-state index in [1.54, 1.807) is 0 Å². The molecular weight excluding hydrogens is 404 g/mol. The zero-order valence-electron chi connectivity index (χ0n) is 21.2. The summed E-state index contributed by atoms with van der Waals surface area (Å²) in [4.78, 5) is 15.4. The van der Waals surface area contributed by atoms with E-state index >= 15 is 0 Å². The number of carbonyl (C=O) groups is 1. The molecule has 0 radical (unpaired) electrons. The number of para-hydroxylation sites is 1. The number of amides is 1. The molecular formula is C30H48N2O. The van der Waals surface area contributed by atoms with Gasteiger partial charge in [-0.3, -0.25) is 4.79 Å². The highest BCUT2D eigenvalue weighted by atomic mass is 16.1. The highest BCUT2D eigenvalue weighted by Crippen LogP contribution is 2.17. The molecule has 0 fully saturated rings. The summed E-state index contributed by atoms with van der Waals surface area (Å²) in [6.45, 7) is 2.99. The minimum atomic E-state index is 0.197. The van der Waals surface area contributed by atoms with Gasteiger partial charge in [-0.1, -0.05) is 101 Å². The zero-order chi connectivity index (χ0) is 23.4. The third-order valence-electron chi connectivity index (χ3n) is 6.56. The molecule has 1 aromatic heterocycles. The number of aromatic amines is 1. The third kappa shape index (κ3) is 12.7. The molecule has 0 unspecified atom stereocenters. The van der Waals surface area contributed by atoms with E-state index < -0.39 is 0 Å². The van der Waals surface area contributed by atoms with E-state index in [9.17, 15) is 4.79 Å². The van der Waals surface area contributed by atoms with Gasteiger partial charge in [0.25, 0.3) is 0 Å². The van der Waals surface area contributed by atoms with Gasteiger partial charge in [-0.2, -0.15) is 0 Å². The maximum Gasteiger partial charge on any atom is 0.220 e. The van der Waals surface area contributed by atoms with Crippen LogP contribution in [0.5, 0.6) is 0 Å². The fourth-order valence-corrected chi connectivity index (χ4v) is 4.47. The molecule has 2 N–H and O–H groups in total. The fraction of sp³-hybridized carbons (Fsp3) is 0.633. The van der Waals surface area contributed by atoms with Crippen LogP contribution < -0.4 is 5.32 Å². The predicted molar refractivity (Wildman–Crippen MR) is 144 cm³/mol. The van der Waals surface area contributed by atoms with Crippen LogP contribution in [-0.4, -0.2) is 17.4 Å². The van der Waals surface area contributed by atoms with Crippen LogP contribution in [0.4, 0.5) is 0 Å². The second kappa shape index (κ2) is 18.4. The first-order chi connectivity index (χ1) is 16.3. The number of allylic oxidation sites excluding steroid dienone is 2. The third-order valence-corrected chi connectivity index (χ3v) is 6.56. The summed E-state index contributed by atoms with van der Waals surface area (Å²) in [5.74, 6) is 0.197. The van der Waals surface area contributed by atoms with Gasteiger partial charge in [0.1, 0.15) is 0 Å². The SMILES string of the molecule is CCCCCCCC/C=C\CCCCCCCCCC(=O)NCCc1c[nH]c2ccccc12. The smallest absolute Gasteiger partial charge is 0.220 e. The molecule has 0 saturated carbocycles. The van der Waals surface area contributed by atoms with Crippen LogP contribution in [0.25, 0.3) is 10.9 Å². The van der Waals surface area contributed by atoms with Gasteiger partial charge in [0.15, 0.2) is 0 Å². The van der Waals surface area contributed by atoms with Gasteiger partial charge in [-0.15, -0.1) is 0 Å². The van der Waals surface area contributed by atoms with Crippen molar-refractivity contribution in [1.82, 2.24) is 10.3 Å². The van der Waals surface area contributed by atoms with Gasteiger partial charge in [-0.05, 0) is 50.2 Å². The minimum absolute atomic E-state index is 0.197. The maximum atomic E-state index is 12.1. The van der Waals surface area contributed by atoms with Crippen molar-refractivity contribution in [1.29, 1.82) is 0 Å². The predicted octanol–water partition coefficient (Wildman–Crippen LogP) is 8.64.